The average molecular weight is 370 g/mol. The van der Waals surface area contributed by atoms with Crippen molar-refractivity contribution in [3.8, 4) is 11.5 Å². The Balaban J connectivity index is 1.60. The molecule has 0 unspecified atom stereocenters. The first-order chi connectivity index (χ1) is 13.2. The van der Waals surface area contributed by atoms with Gasteiger partial charge in [0.15, 0.2) is 11.5 Å². The van der Waals surface area contributed by atoms with Crippen molar-refractivity contribution in [2.75, 3.05) is 40.5 Å². The summed E-state index contributed by atoms with van der Waals surface area (Å²) in [5.41, 5.74) is 2.75. The first-order valence-corrected chi connectivity index (χ1v) is 9.07. The molecule has 0 aliphatic carbocycles. The van der Waals surface area contributed by atoms with E-state index in [4.69, 9.17) is 14.2 Å². The largest absolute Gasteiger partial charge is 0.493 e. The summed E-state index contributed by atoms with van der Waals surface area (Å²) in [4.78, 5) is 14.9. The Labute approximate surface area is 160 Å². The quantitative estimate of drug-likeness (QED) is 0.811. The fourth-order valence-corrected chi connectivity index (χ4v) is 3.10. The molecule has 2 aromatic carbocycles. The van der Waals surface area contributed by atoms with Crippen LogP contribution in [-0.2, 0) is 17.8 Å². The fourth-order valence-electron chi connectivity index (χ4n) is 3.10. The second kappa shape index (κ2) is 9.39. The summed E-state index contributed by atoms with van der Waals surface area (Å²) in [6.45, 7) is 4.65. The normalized spacial score (nSPS) is 14.6. The number of hydrogen-bond acceptors (Lipinski definition) is 5. The van der Waals surface area contributed by atoms with Crippen LogP contribution in [0.3, 0.4) is 0 Å². The van der Waals surface area contributed by atoms with Crippen LogP contribution in [0.2, 0.25) is 0 Å². The lowest BCUT2D eigenvalue weighted by atomic mass is 10.1. The third-order valence-electron chi connectivity index (χ3n) is 4.60. The number of hydrogen-bond donors (Lipinski definition) is 1. The van der Waals surface area contributed by atoms with Gasteiger partial charge in [-0.2, -0.15) is 0 Å². The number of carbonyl (C=O) groups excluding carboxylic acids is 1. The van der Waals surface area contributed by atoms with E-state index in [1.54, 1.807) is 14.2 Å². The number of ether oxygens (including phenoxy) is 3. The van der Waals surface area contributed by atoms with Gasteiger partial charge in [0.05, 0.1) is 27.4 Å². The number of nitrogens with zero attached hydrogens (tertiary/aromatic N) is 1. The highest BCUT2D eigenvalue weighted by Gasteiger charge is 2.12. The molecule has 0 spiro atoms. The van der Waals surface area contributed by atoms with Crippen LogP contribution < -0.4 is 14.8 Å². The van der Waals surface area contributed by atoms with Crippen LogP contribution in [0, 0.1) is 0 Å². The monoisotopic (exact) mass is 370 g/mol. The standard InChI is InChI=1S/C21H26N2O4/c1-25-19-7-6-16(13-20(19)26-2)14-22-21(24)18-5-3-4-17(12-18)15-23-8-10-27-11-9-23/h3-7,12-13H,8-11,14-15H2,1-2H3,(H,22,24). The van der Waals surface area contributed by atoms with Crippen molar-refractivity contribution in [2.24, 2.45) is 0 Å². The van der Waals surface area contributed by atoms with E-state index in [0.717, 1.165) is 44.0 Å². The molecule has 0 atom stereocenters. The predicted molar refractivity (Wildman–Crippen MR) is 103 cm³/mol. The van der Waals surface area contributed by atoms with Crippen molar-refractivity contribution in [2.45, 2.75) is 13.1 Å². The maximum absolute atomic E-state index is 12.5. The molecule has 144 valence electrons. The Bertz CT molecular complexity index is 773. The molecule has 0 saturated carbocycles. The minimum Gasteiger partial charge on any atom is -0.493 e. The lowest BCUT2D eigenvalue weighted by Crippen LogP contribution is -2.35. The first-order valence-electron chi connectivity index (χ1n) is 9.07. The van der Waals surface area contributed by atoms with Gasteiger partial charge in [0.2, 0.25) is 0 Å². The zero-order valence-electron chi connectivity index (χ0n) is 15.9. The summed E-state index contributed by atoms with van der Waals surface area (Å²) in [6.07, 6.45) is 0. The van der Waals surface area contributed by atoms with Gasteiger partial charge in [-0.25, -0.2) is 0 Å². The highest BCUT2D eigenvalue weighted by molar-refractivity contribution is 5.94. The van der Waals surface area contributed by atoms with E-state index in [1.807, 2.05) is 36.4 Å². The molecule has 6 heteroatoms. The van der Waals surface area contributed by atoms with Crippen molar-refractivity contribution in [3.05, 3.63) is 59.2 Å². The number of nitrogens with one attached hydrogen (secondary N) is 1. The smallest absolute Gasteiger partial charge is 0.251 e. The third kappa shape index (κ3) is 5.21. The Hall–Kier alpha value is -2.57. The van der Waals surface area contributed by atoms with Gasteiger partial charge in [-0.3, -0.25) is 9.69 Å². The number of carbonyl (C=O) groups is 1. The van der Waals surface area contributed by atoms with Crippen molar-refractivity contribution in [1.82, 2.24) is 10.2 Å². The zero-order valence-corrected chi connectivity index (χ0v) is 15.9. The van der Waals surface area contributed by atoms with E-state index in [2.05, 4.69) is 16.3 Å². The summed E-state index contributed by atoms with van der Waals surface area (Å²) in [5.74, 6) is 1.23. The van der Waals surface area contributed by atoms with E-state index in [-0.39, 0.29) is 5.91 Å². The van der Waals surface area contributed by atoms with Gasteiger partial charge in [0.1, 0.15) is 0 Å². The van der Waals surface area contributed by atoms with Crippen molar-refractivity contribution in [1.29, 1.82) is 0 Å². The van der Waals surface area contributed by atoms with Gasteiger partial charge >= 0.3 is 0 Å². The molecule has 1 N–H and O–H groups in total. The average Bonchev–Trinajstić information content (AvgIpc) is 2.72. The SMILES string of the molecule is COc1ccc(CNC(=O)c2cccc(CN3CCOCC3)c2)cc1OC. The number of rotatable bonds is 7. The first kappa shape index (κ1) is 19.2. The van der Waals surface area contributed by atoms with Crippen LogP contribution in [0.25, 0.3) is 0 Å². The molecule has 1 saturated heterocycles. The summed E-state index contributed by atoms with van der Waals surface area (Å²) in [5, 5.41) is 2.97. The second-order valence-corrected chi connectivity index (χ2v) is 6.46. The molecule has 0 bridgehead atoms. The number of morpholine rings is 1. The van der Waals surface area contributed by atoms with Gasteiger partial charge in [0, 0.05) is 31.7 Å². The molecule has 1 heterocycles. The zero-order chi connectivity index (χ0) is 19.1. The van der Waals surface area contributed by atoms with E-state index in [1.165, 1.54) is 0 Å². The molecule has 1 amide bonds. The molecule has 27 heavy (non-hydrogen) atoms. The summed E-state index contributed by atoms with van der Waals surface area (Å²) >= 11 is 0. The molecule has 1 fully saturated rings. The number of amides is 1. The molecule has 0 aromatic heterocycles. The van der Waals surface area contributed by atoms with Crippen LogP contribution in [0.1, 0.15) is 21.5 Å². The number of benzene rings is 2. The maximum Gasteiger partial charge on any atom is 0.251 e. The van der Waals surface area contributed by atoms with E-state index >= 15 is 0 Å². The minimum absolute atomic E-state index is 0.0892. The lowest BCUT2D eigenvalue weighted by molar-refractivity contribution is 0.0342. The van der Waals surface area contributed by atoms with Gasteiger partial charge in [-0.05, 0) is 35.4 Å². The molecule has 0 radical (unpaired) electrons. The van der Waals surface area contributed by atoms with Crippen LogP contribution in [0.15, 0.2) is 42.5 Å². The van der Waals surface area contributed by atoms with Crippen LogP contribution >= 0.6 is 0 Å². The topological polar surface area (TPSA) is 60.0 Å². The van der Waals surface area contributed by atoms with Gasteiger partial charge in [-0.1, -0.05) is 18.2 Å². The molecule has 2 aromatic rings. The maximum atomic E-state index is 12.5. The van der Waals surface area contributed by atoms with Crippen molar-refractivity contribution < 1.29 is 19.0 Å². The lowest BCUT2D eigenvalue weighted by Gasteiger charge is -2.26. The minimum atomic E-state index is -0.0892. The van der Waals surface area contributed by atoms with Crippen LogP contribution in [-0.4, -0.2) is 51.3 Å². The Morgan fingerprint density at radius 1 is 1.04 bits per heavy atom. The molecule has 1 aliphatic heterocycles. The summed E-state index contributed by atoms with van der Waals surface area (Å²) < 4.78 is 15.9. The molecular weight excluding hydrogens is 344 g/mol. The highest BCUT2D eigenvalue weighted by Crippen LogP contribution is 2.27. The fraction of sp³-hybridized carbons (Fsp3) is 0.381. The van der Waals surface area contributed by atoms with E-state index < -0.39 is 0 Å². The Kier molecular flexibility index (Phi) is 6.68. The van der Waals surface area contributed by atoms with Crippen LogP contribution in [0.5, 0.6) is 11.5 Å². The van der Waals surface area contributed by atoms with Gasteiger partial charge < -0.3 is 19.5 Å². The van der Waals surface area contributed by atoms with Crippen molar-refractivity contribution >= 4 is 5.91 Å². The molecule has 1 aliphatic rings. The van der Waals surface area contributed by atoms with E-state index in [0.29, 0.717) is 23.6 Å². The number of methoxy groups -OCH3 is 2. The molecule has 3 rings (SSSR count). The molecular formula is C21H26N2O4. The Morgan fingerprint density at radius 2 is 1.81 bits per heavy atom. The summed E-state index contributed by atoms with van der Waals surface area (Å²) in [7, 11) is 3.20. The second-order valence-electron chi connectivity index (χ2n) is 6.46. The van der Waals surface area contributed by atoms with Crippen molar-refractivity contribution in [3.63, 3.8) is 0 Å². The van der Waals surface area contributed by atoms with Gasteiger partial charge in [0.25, 0.3) is 5.91 Å². The highest BCUT2D eigenvalue weighted by atomic mass is 16.5. The summed E-state index contributed by atoms with van der Waals surface area (Å²) in [6, 6.07) is 13.4. The van der Waals surface area contributed by atoms with E-state index in [9.17, 15) is 4.79 Å². The predicted octanol–water partition coefficient (Wildman–Crippen LogP) is 2.47. The Morgan fingerprint density at radius 3 is 2.56 bits per heavy atom. The van der Waals surface area contributed by atoms with Gasteiger partial charge in [-0.15, -0.1) is 0 Å². The molecule has 6 nitrogen and oxygen atoms in total. The van der Waals surface area contributed by atoms with Crippen LogP contribution in [0.4, 0.5) is 0 Å². The third-order valence-corrected chi connectivity index (χ3v) is 4.60.